The van der Waals surface area contributed by atoms with Gasteiger partial charge in [-0.15, -0.1) is 0 Å². The molecule has 0 bridgehead atoms. The van der Waals surface area contributed by atoms with Crippen molar-refractivity contribution in [3.63, 3.8) is 0 Å². The third-order valence-corrected chi connectivity index (χ3v) is 4.20. The van der Waals surface area contributed by atoms with Gasteiger partial charge in [-0.25, -0.2) is 0 Å². The van der Waals surface area contributed by atoms with E-state index in [1.165, 1.54) is 38.5 Å². The van der Waals surface area contributed by atoms with Crippen LogP contribution in [0.4, 0.5) is 0 Å². The molecule has 2 atom stereocenters. The fourth-order valence-corrected chi connectivity index (χ4v) is 2.41. The van der Waals surface area contributed by atoms with E-state index in [1.54, 1.807) is 6.20 Å². The van der Waals surface area contributed by atoms with Crippen molar-refractivity contribution in [1.82, 2.24) is 0 Å². The van der Waals surface area contributed by atoms with Gasteiger partial charge in [-0.05, 0) is 44.4 Å². The maximum absolute atomic E-state index is 4.27. The average Bonchev–Trinajstić information content (AvgIpc) is 2.38. The Morgan fingerprint density at radius 1 is 1.05 bits per heavy atom. The van der Waals surface area contributed by atoms with Gasteiger partial charge in [0.25, 0.3) is 0 Å². The molecule has 2 heteroatoms. The fraction of sp³-hybridized carbons (Fsp3) is 0.889. The Kier molecular flexibility index (Phi) is 10.7. The zero-order chi connectivity index (χ0) is 15.4. The summed E-state index contributed by atoms with van der Waals surface area (Å²) in [5.41, 5.74) is 0.480. The van der Waals surface area contributed by atoms with E-state index in [1.807, 2.05) is 13.0 Å². The molecule has 0 aromatic rings. The van der Waals surface area contributed by atoms with Crippen LogP contribution in [0.1, 0.15) is 86.5 Å². The van der Waals surface area contributed by atoms with Crippen LogP contribution in [-0.2, 0) is 0 Å². The highest BCUT2D eigenvalue weighted by Gasteiger charge is 2.17. The fourth-order valence-electron chi connectivity index (χ4n) is 2.41. The first-order chi connectivity index (χ1) is 9.41. The summed E-state index contributed by atoms with van der Waals surface area (Å²) >= 11 is 0. The van der Waals surface area contributed by atoms with Crippen LogP contribution >= 0.6 is 0 Å². The highest BCUT2D eigenvalue weighted by molar-refractivity contribution is 4.74. The van der Waals surface area contributed by atoms with Crippen LogP contribution < -0.4 is 0 Å². The van der Waals surface area contributed by atoms with Crippen molar-refractivity contribution in [2.45, 2.75) is 92.5 Å². The lowest BCUT2D eigenvalue weighted by Crippen LogP contribution is -2.12. The molecular formula is C18H36N2. The molecular weight excluding hydrogens is 244 g/mol. The van der Waals surface area contributed by atoms with Crippen molar-refractivity contribution in [2.75, 3.05) is 0 Å². The minimum absolute atomic E-state index is 0.349. The Hall–Kier alpha value is -0.660. The summed E-state index contributed by atoms with van der Waals surface area (Å²) in [6.45, 7) is 13.6. The molecule has 0 heterocycles. The van der Waals surface area contributed by atoms with Crippen LogP contribution in [0.3, 0.4) is 0 Å². The summed E-state index contributed by atoms with van der Waals surface area (Å²) in [5, 5.41) is 8.30. The van der Waals surface area contributed by atoms with Gasteiger partial charge in [-0.3, -0.25) is 0 Å². The van der Waals surface area contributed by atoms with E-state index in [-0.39, 0.29) is 0 Å². The van der Waals surface area contributed by atoms with E-state index in [4.69, 9.17) is 0 Å². The van der Waals surface area contributed by atoms with Gasteiger partial charge in [0.1, 0.15) is 0 Å². The third-order valence-electron chi connectivity index (χ3n) is 4.20. The number of rotatable bonds is 11. The van der Waals surface area contributed by atoms with Gasteiger partial charge < -0.3 is 0 Å². The third kappa shape index (κ3) is 11.2. The molecule has 0 N–H and O–H groups in total. The van der Waals surface area contributed by atoms with Crippen LogP contribution in [0.15, 0.2) is 22.5 Å². The van der Waals surface area contributed by atoms with Crippen molar-refractivity contribution < 1.29 is 0 Å². The van der Waals surface area contributed by atoms with Crippen molar-refractivity contribution in [3.8, 4) is 0 Å². The Morgan fingerprint density at radius 2 is 1.65 bits per heavy atom. The van der Waals surface area contributed by atoms with E-state index in [9.17, 15) is 0 Å². The van der Waals surface area contributed by atoms with Gasteiger partial charge in [0, 0.05) is 6.20 Å². The van der Waals surface area contributed by atoms with E-state index in [0.717, 1.165) is 12.3 Å². The van der Waals surface area contributed by atoms with Gasteiger partial charge in [0.05, 0.1) is 6.04 Å². The van der Waals surface area contributed by atoms with Crippen molar-refractivity contribution in [2.24, 2.45) is 21.6 Å². The number of hydrogen-bond donors (Lipinski definition) is 0. The minimum Gasteiger partial charge on any atom is -0.186 e. The standard InChI is InChI=1S/C18H36N2/c1-7-15-19-20-17(4)12-10-14-18(5,6)13-9-11-16(3)8-2/h7,15-17H,8-14H2,1-6H3/b15-7-,20-19-. The first-order valence-electron chi connectivity index (χ1n) is 8.42. The highest BCUT2D eigenvalue weighted by Crippen LogP contribution is 2.31. The van der Waals surface area contributed by atoms with E-state index >= 15 is 0 Å². The van der Waals surface area contributed by atoms with E-state index in [2.05, 4.69) is 44.8 Å². The molecule has 0 radical (unpaired) electrons. The molecule has 20 heavy (non-hydrogen) atoms. The zero-order valence-corrected chi connectivity index (χ0v) is 14.7. The summed E-state index contributed by atoms with van der Waals surface area (Å²) in [4.78, 5) is 0. The molecule has 0 aliphatic rings. The second-order valence-electron chi connectivity index (χ2n) is 7.02. The number of nitrogens with zero attached hydrogens (tertiary/aromatic N) is 2. The van der Waals surface area contributed by atoms with Crippen molar-refractivity contribution in [3.05, 3.63) is 12.3 Å². The normalized spacial score (nSPS) is 16.1. The number of hydrogen-bond acceptors (Lipinski definition) is 2. The molecule has 2 unspecified atom stereocenters. The monoisotopic (exact) mass is 280 g/mol. The summed E-state index contributed by atoms with van der Waals surface area (Å²) in [5.74, 6) is 0.887. The molecule has 0 saturated carbocycles. The Bertz CT molecular complexity index is 279. The predicted octanol–water partition coefficient (Wildman–Crippen LogP) is 6.77. The largest absolute Gasteiger partial charge is 0.186 e. The summed E-state index contributed by atoms with van der Waals surface area (Å²) < 4.78 is 0. The van der Waals surface area contributed by atoms with E-state index in [0.29, 0.717) is 11.5 Å². The summed E-state index contributed by atoms with van der Waals surface area (Å²) in [6.07, 6.45) is 12.8. The Labute approximate surface area is 127 Å². The van der Waals surface area contributed by atoms with Crippen LogP contribution in [-0.4, -0.2) is 6.04 Å². The highest BCUT2D eigenvalue weighted by atomic mass is 15.1. The first-order valence-corrected chi connectivity index (χ1v) is 8.42. The summed E-state index contributed by atoms with van der Waals surface area (Å²) in [7, 11) is 0. The first kappa shape index (κ1) is 19.3. The predicted molar refractivity (Wildman–Crippen MR) is 90.1 cm³/mol. The van der Waals surface area contributed by atoms with Crippen molar-refractivity contribution in [1.29, 1.82) is 0 Å². The van der Waals surface area contributed by atoms with Crippen LogP contribution in [0.2, 0.25) is 0 Å². The molecule has 0 fully saturated rings. The molecule has 0 rings (SSSR count). The van der Waals surface area contributed by atoms with Gasteiger partial charge in [-0.2, -0.15) is 10.2 Å². The summed E-state index contributed by atoms with van der Waals surface area (Å²) in [6, 6.07) is 0.349. The Morgan fingerprint density at radius 3 is 2.20 bits per heavy atom. The van der Waals surface area contributed by atoms with Gasteiger partial charge in [0.2, 0.25) is 0 Å². The second kappa shape index (κ2) is 11.0. The number of allylic oxidation sites excluding steroid dienone is 1. The van der Waals surface area contributed by atoms with Gasteiger partial charge >= 0.3 is 0 Å². The smallest absolute Gasteiger partial charge is 0.0684 e. The lowest BCUT2D eigenvalue weighted by molar-refractivity contribution is 0.274. The lowest BCUT2D eigenvalue weighted by Gasteiger charge is -2.25. The van der Waals surface area contributed by atoms with Gasteiger partial charge in [-0.1, -0.05) is 59.5 Å². The zero-order valence-electron chi connectivity index (χ0n) is 14.7. The maximum Gasteiger partial charge on any atom is 0.0684 e. The molecule has 118 valence electrons. The van der Waals surface area contributed by atoms with Crippen molar-refractivity contribution >= 4 is 0 Å². The van der Waals surface area contributed by atoms with Crippen LogP contribution in [0.5, 0.6) is 0 Å². The van der Waals surface area contributed by atoms with Crippen LogP contribution in [0.25, 0.3) is 0 Å². The quantitative estimate of drug-likeness (QED) is 0.373. The topological polar surface area (TPSA) is 24.7 Å². The molecule has 0 aliphatic carbocycles. The molecule has 0 spiro atoms. The molecule has 0 aliphatic heterocycles. The maximum atomic E-state index is 4.27. The molecule has 0 aromatic heterocycles. The Balaban J connectivity index is 3.80. The molecule has 0 amide bonds. The molecule has 2 nitrogen and oxygen atoms in total. The van der Waals surface area contributed by atoms with E-state index < -0.39 is 0 Å². The van der Waals surface area contributed by atoms with Crippen LogP contribution in [0, 0.1) is 11.3 Å². The molecule has 0 saturated heterocycles. The SMILES string of the molecule is C/C=C\N=N/C(C)CCCC(C)(C)CCCC(C)CC. The number of azo groups is 1. The van der Waals surface area contributed by atoms with Gasteiger partial charge in [0.15, 0.2) is 0 Å². The minimum atomic E-state index is 0.349. The average molecular weight is 280 g/mol. The molecule has 0 aromatic carbocycles. The lowest BCUT2D eigenvalue weighted by atomic mass is 9.81. The second-order valence-corrected chi connectivity index (χ2v) is 7.02.